The van der Waals surface area contributed by atoms with Crippen LogP contribution in [-0.4, -0.2) is 37.0 Å². The summed E-state index contributed by atoms with van der Waals surface area (Å²) in [5, 5.41) is 3.02. The van der Waals surface area contributed by atoms with Gasteiger partial charge in [-0.3, -0.25) is 4.79 Å². The highest BCUT2D eigenvalue weighted by Crippen LogP contribution is 2.13. The molecule has 0 radical (unpaired) electrons. The highest BCUT2D eigenvalue weighted by Gasteiger charge is 2.16. The second-order valence-electron chi connectivity index (χ2n) is 5.90. The summed E-state index contributed by atoms with van der Waals surface area (Å²) in [7, 11) is 0. The van der Waals surface area contributed by atoms with Gasteiger partial charge in [0.15, 0.2) is 0 Å². The number of carbonyl (C=O) groups is 1. The molecule has 0 bridgehead atoms. The maximum Gasteiger partial charge on any atom is 0.251 e. The molecular weight excluding hydrogens is 250 g/mol. The van der Waals surface area contributed by atoms with Crippen LogP contribution in [0, 0.1) is 12.8 Å². The van der Waals surface area contributed by atoms with E-state index in [1.54, 1.807) is 6.07 Å². The summed E-state index contributed by atoms with van der Waals surface area (Å²) in [4.78, 5) is 14.7. The normalized spacial score (nSPS) is 17.1. The van der Waals surface area contributed by atoms with Crippen molar-refractivity contribution in [3.63, 3.8) is 0 Å². The van der Waals surface area contributed by atoms with E-state index in [2.05, 4.69) is 17.1 Å². The monoisotopic (exact) mass is 275 g/mol. The number of nitrogens with one attached hydrogen (secondary N) is 1. The van der Waals surface area contributed by atoms with Crippen LogP contribution in [0.2, 0.25) is 0 Å². The van der Waals surface area contributed by atoms with Crippen molar-refractivity contribution in [1.82, 2.24) is 10.2 Å². The zero-order valence-electron chi connectivity index (χ0n) is 12.5. The molecule has 110 valence electrons. The summed E-state index contributed by atoms with van der Waals surface area (Å²) in [6.07, 6.45) is 2.61. The second kappa shape index (κ2) is 6.75. The van der Waals surface area contributed by atoms with Gasteiger partial charge in [0.05, 0.1) is 0 Å². The molecule has 1 atom stereocenters. The molecule has 0 spiro atoms. The molecule has 1 heterocycles. The summed E-state index contributed by atoms with van der Waals surface area (Å²) in [6.45, 7) is 8.30. The maximum atomic E-state index is 12.2. The third-order valence-electron chi connectivity index (χ3n) is 3.89. The second-order valence-corrected chi connectivity index (χ2v) is 5.90. The van der Waals surface area contributed by atoms with Gasteiger partial charge in [0.25, 0.3) is 5.91 Å². The van der Waals surface area contributed by atoms with Gasteiger partial charge in [-0.2, -0.15) is 0 Å². The van der Waals surface area contributed by atoms with Crippen molar-refractivity contribution in [2.24, 2.45) is 5.92 Å². The minimum absolute atomic E-state index is 0.0249. The van der Waals surface area contributed by atoms with Gasteiger partial charge in [-0.05, 0) is 56.5 Å². The standard InChI is InChI=1S/C16H25N3O/c1-12(11-19-7-3-4-8-19)10-18-16(20)15-9-14(17)6-5-13(15)2/h5-6,9,12H,3-4,7-8,10-11,17H2,1-2H3,(H,18,20). The minimum atomic E-state index is -0.0249. The van der Waals surface area contributed by atoms with Crippen LogP contribution in [0.15, 0.2) is 18.2 Å². The molecule has 0 aliphatic carbocycles. The number of hydrogen-bond donors (Lipinski definition) is 2. The van der Waals surface area contributed by atoms with Crippen molar-refractivity contribution >= 4 is 11.6 Å². The zero-order valence-corrected chi connectivity index (χ0v) is 12.5. The summed E-state index contributed by atoms with van der Waals surface area (Å²) >= 11 is 0. The molecule has 1 unspecified atom stereocenters. The Kier molecular flexibility index (Phi) is 5.01. The van der Waals surface area contributed by atoms with Crippen molar-refractivity contribution in [3.05, 3.63) is 29.3 Å². The van der Waals surface area contributed by atoms with E-state index >= 15 is 0 Å². The Labute approximate surface area is 121 Å². The summed E-state index contributed by atoms with van der Waals surface area (Å²) in [5.74, 6) is 0.446. The van der Waals surface area contributed by atoms with Crippen LogP contribution in [0.3, 0.4) is 0 Å². The predicted octanol–water partition coefficient (Wildman–Crippen LogP) is 2.04. The molecule has 1 aromatic carbocycles. The SMILES string of the molecule is Cc1ccc(N)cc1C(=O)NCC(C)CN1CCCC1. The molecule has 3 N–H and O–H groups in total. The fourth-order valence-electron chi connectivity index (χ4n) is 2.72. The number of aryl methyl sites for hydroxylation is 1. The first-order chi connectivity index (χ1) is 9.56. The molecule has 4 heteroatoms. The molecule has 1 amide bonds. The average Bonchev–Trinajstić information content (AvgIpc) is 2.91. The number of nitrogens with zero attached hydrogens (tertiary/aromatic N) is 1. The van der Waals surface area contributed by atoms with E-state index in [0.29, 0.717) is 23.7 Å². The van der Waals surface area contributed by atoms with E-state index in [4.69, 9.17) is 5.73 Å². The van der Waals surface area contributed by atoms with E-state index in [9.17, 15) is 4.79 Å². The maximum absolute atomic E-state index is 12.2. The van der Waals surface area contributed by atoms with Crippen molar-refractivity contribution in [3.8, 4) is 0 Å². The molecule has 4 nitrogen and oxygen atoms in total. The van der Waals surface area contributed by atoms with Crippen LogP contribution in [0.1, 0.15) is 35.7 Å². The van der Waals surface area contributed by atoms with Crippen LogP contribution < -0.4 is 11.1 Å². The molecule has 1 aliphatic heterocycles. The smallest absolute Gasteiger partial charge is 0.251 e. The lowest BCUT2D eigenvalue weighted by Crippen LogP contribution is -2.34. The Morgan fingerprint density at radius 2 is 2.10 bits per heavy atom. The van der Waals surface area contributed by atoms with Crippen molar-refractivity contribution in [1.29, 1.82) is 0 Å². The predicted molar refractivity (Wildman–Crippen MR) is 82.8 cm³/mol. The molecule has 0 saturated carbocycles. The number of amides is 1. The summed E-state index contributed by atoms with van der Waals surface area (Å²) in [6, 6.07) is 5.45. The fraction of sp³-hybridized carbons (Fsp3) is 0.562. The fourth-order valence-corrected chi connectivity index (χ4v) is 2.72. The Morgan fingerprint density at radius 1 is 1.40 bits per heavy atom. The Balaban J connectivity index is 1.83. The average molecular weight is 275 g/mol. The van der Waals surface area contributed by atoms with Gasteiger partial charge in [-0.15, -0.1) is 0 Å². The number of anilines is 1. The number of carbonyl (C=O) groups excluding carboxylic acids is 1. The topological polar surface area (TPSA) is 58.4 Å². The largest absolute Gasteiger partial charge is 0.399 e. The van der Waals surface area contributed by atoms with E-state index in [-0.39, 0.29) is 5.91 Å². The molecule has 1 saturated heterocycles. The first kappa shape index (κ1) is 14.9. The lowest BCUT2D eigenvalue weighted by atomic mass is 10.1. The highest BCUT2D eigenvalue weighted by atomic mass is 16.1. The van der Waals surface area contributed by atoms with Crippen molar-refractivity contribution in [2.75, 3.05) is 31.9 Å². The van der Waals surface area contributed by atoms with E-state index in [1.165, 1.54) is 25.9 Å². The van der Waals surface area contributed by atoms with Crippen LogP contribution >= 0.6 is 0 Å². The van der Waals surface area contributed by atoms with Gasteiger partial charge in [0, 0.05) is 24.3 Å². The van der Waals surface area contributed by atoms with Gasteiger partial charge >= 0.3 is 0 Å². The molecule has 1 aromatic rings. The number of rotatable bonds is 5. The van der Waals surface area contributed by atoms with Crippen LogP contribution in [0.25, 0.3) is 0 Å². The molecule has 20 heavy (non-hydrogen) atoms. The summed E-state index contributed by atoms with van der Waals surface area (Å²) in [5.41, 5.74) is 8.01. The Hall–Kier alpha value is -1.55. The first-order valence-electron chi connectivity index (χ1n) is 7.43. The molecule has 1 fully saturated rings. The lowest BCUT2D eigenvalue weighted by Gasteiger charge is -2.20. The summed E-state index contributed by atoms with van der Waals surface area (Å²) < 4.78 is 0. The van der Waals surface area contributed by atoms with Gasteiger partial charge in [-0.1, -0.05) is 13.0 Å². The quantitative estimate of drug-likeness (QED) is 0.809. The molecule has 0 aromatic heterocycles. The first-order valence-corrected chi connectivity index (χ1v) is 7.43. The van der Waals surface area contributed by atoms with Gasteiger partial charge < -0.3 is 16.0 Å². The number of nitrogens with two attached hydrogens (primary N) is 1. The Bertz CT molecular complexity index is 467. The van der Waals surface area contributed by atoms with Gasteiger partial charge in [0.1, 0.15) is 0 Å². The van der Waals surface area contributed by atoms with E-state index in [0.717, 1.165) is 12.1 Å². The highest BCUT2D eigenvalue weighted by molar-refractivity contribution is 5.96. The molecule has 1 aliphatic rings. The third-order valence-corrected chi connectivity index (χ3v) is 3.89. The third kappa shape index (κ3) is 3.97. The number of benzene rings is 1. The minimum Gasteiger partial charge on any atom is -0.399 e. The number of hydrogen-bond acceptors (Lipinski definition) is 3. The van der Waals surface area contributed by atoms with Crippen molar-refractivity contribution < 1.29 is 4.79 Å². The number of nitrogen functional groups attached to an aromatic ring is 1. The Morgan fingerprint density at radius 3 is 2.80 bits per heavy atom. The zero-order chi connectivity index (χ0) is 14.5. The van der Waals surface area contributed by atoms with Crippen molar-refractivity contribution in [2.45, 2.75) is 26.7 Å². The molecule has 2 rings (SSSR count). The van der Waals surface area contributed by atoms with E-state index < -0.39 is 0 Å². The molecular formula is C16H25N3O. The van der Waals surface area contributed by atoms with Crippen LogP contribution in [0.5, 0.6) is 0 Å². The van der Waals surface area contributed by atoms with E-state index in [1.807, 2.05) is 19.1 Å². The van der Waals surface area contributed by atoms with Gasteiger partial charge in [0.2, 0.25) is 0 Å². The number of likely N-dealkylation sites (tertiary alicyclic amines) is 1. The van der Waals surface area contributed by atoms with Crippen LogP contribution in [-0.2, 0) is 0 Å². The lowest BCUT2D eigenvalue weighted by molar-refractivity contribution is 0.0944. The van der Waals surface area contributed by atoms with Crippen LogP contribution in [0.4, 0.5) is 5.69 Å². The van der Waals surface area contributed by atoms with Gasteiger partial charge in [-0.25, -0.2) is 0 Å².